The molecule has 0 saturated carbocycles. The normalized spacial score (nSPS) is 16.0. The Kier molecular flexibility index (Phi) is 4.07. The maximum Gasteiger partial charge on any atom is 0.231 e. The van der Waals surface area contributed by atoms with Crippen molar-refractivity contribution >= 4 is 28.4 Å². The van der Waals surface area contributed by atoms with Gasteiger partial charge in [0.2, 0.25) is 6.79 Å². The van der Waals surface area contributed by atoms with Crippen LogP contribution in [0.3, 0.4) is 0 Å². The minimum Gasteiger partial charge on any atom is -0.454 e. The van der Waals surface area contributed by atoms with Gasteiger partial charge in [0.1, 0.15) is 5.82 Å². The van der Waals surface area contributed by atoms with Gasteiger partial charge < -0.3 is 19.9 Å². The van der Waals surface area contributed by atoms with Crippen molar-refractivity contribution in [2.45, 2.75) is 18.2 Å². The quantitative estimate of drug-likeness (QED) is 0.885. The smallest absolute Gasteiger partial charge is 0.231 e. The van der Waals surface area contributed by atoms with E-state index >= 15 is 0 Å². The van der Waals surface area contributed by atoms with Crippen LogP contribution in [0.25, 0.3) is 10.8 Å². The summed E-state index contributed by atoms with van der Waals surface area (Å²) in [5.41, 5.74) is 0. The first-order chi connectivity index (χ1) is 10.2. The molecule has 5 nitrogen and oxygen atoms in total. The van der Waals surface area contributed by atoms with Gasteiger partial charge in [0.25, 0.3) is 0 Å². The average molecular weight is 306 g/mol. The Hall–Kier alpha value is -1.66. The minimum absolute atomic E-state index is 0.105. The molecule has 0 spiro atoms. The number of rotatable bonds is 5. The number of ether oxygens (including phenoxy) is 2. The van der Waals surface area contributed by atoms with Crippen LogP contribution in [0.1, 0.15) is 6.92 Å². The van der Waals surface area contributed by atoms with Crippen molar-refractivity contribution in [1.82, 2.24) is 4.98 Å². The van der Waals surface area contributed by atoms with Gasteiger partial charge in [0.05, 0.1) is 6.61 Å². The molecule has 2 N–H and O–H groups in total. The molecule has 2 unspecified atom stereocenters. The number of hydrogen-bond donors (Lipinski definition) is 2. The lowest BCUT2D eigenvalue weighted by molar-refractivity contribution is 0.174. The van der Waals surface area contributed by atoms with Crippen LogP contribution >= 0.6 is 11.8 Å². The van der Waals surface area contributed by atoms with Crippen molar-refractivity contribution in [2.75, 3.05) is 25.0 Å². The fourth-order valence-electron chi connectivity index (χ4n) is 2.42. The van der Waals surface area contributed by atoms with E-state index in [1.54, 1.807) is 18.0 Å². The van der Waals surface area contributed by atoms with Crippen molar-refractivity contribution < 1.29 is 14.6 Å². The maximum atomic E-state index is 9.40. The lowest BCUT2D eigenvalue weighted by Gasteiger charge is -2.22. The van der Waals surface area contributed by atoms with Crippen LogP contribution in [0.4, 0.5) is 5.82 Å². The molecule has 0 bridgehead atoms. The summed E-state index contributed by atoms with van der Waals surface area (Å²) in [7, 11) is 0. The highest BCUT2D eigenvalue weighted by Gasteiger charge is 2.19. The number of hydrogen-bond acceptors (Lipinski definition) is 6. The van der Waals surface area contributed by atoms with Crippen LogP contribution in [0.2, 0.25) is 0 Å². The Morgan fingerprint density at radius 1 is 1.38 bits per heavy atom. The summed E-state index contributed by atoms with van der Waals surface area (Å²) in [6, 6.07) is 5.97. The third kappa shape index (κ3) is 2.73. The van der Waals surface area contributed by atoms with E-state index in [2.05, 4.69) is 10.3 Å². The number of fused-ring (bicyclic) bond motifs is 2. The van der Waals surface area contributed by atoms with Crippen LogP contribution < -0.4 is 14.8 Å². The van der Waals surface area contributed by atoms with Gasteiger partial charge in [-0.1, -0.05) is 0 Å². The molecule has 0 amide bonds. The van der Waals surface area contributed by atoms with Crippen molar-refractivity contribution in [3.63, 3.8) is 0 Å². The van der Waals surface area contributed by atoms with E-state index in [-0.39, 0.29) is 24.7 Å². The van der Waals surface area contributed by atoms with Crippen LogP contribution in [-0.2, 0) is 0 Å². The summed E-state index contributed by atoms with van der Waals surface area (Å²) in [4.78, 5) is 4.42. The Morgan fingerprint density at radius 2 is 2.14 bits per heavy atom. The number of benzene rings is 1. The van der Waals surface area contributed by atoms with Gasteiger partial charge in [-0.2, -0.15) is 11.8 Å². The molecule has 2 atom stereocenters. The summed E-state index contributed by atoms with van der Waals surface area (Å²) in [5, 5.41) is 14.9. The maximum absolute atomic E-state index is 9.40. The zero-order valence-electron chi connectivity index (χ0n) is 12.0. The van der Waals surface area contributed by atoms with Crippen molar-refractivity contribution in [3.05, 3.63) is 24.4 Å². The van der Waals surface area contributed by atoms with Gasteiger partial charge in [-0.25, -0.2) is 4.98 Å². The topological polar surface area (TPSA) is 63.6 Å². The molecule has 0 aliphatic carbocycles. The highest BCUT2D eigenvalue weighted by molar-refractivity contribution is 7.99. The molecule has 1 aromatic heterocycles. The highest BCUT2D eigenvalue weighted by atomic mass is 32.2. The van der Waals surface area contributed by atoms with Crippen molar-refractivity contribution in [1.29, 1.82) is 0 Å². The molecule has 0 radical (unpaired) electrons. The second-order valence-corrected chi connectivity index (χ2v) is 6.05. The Morgan fingerprint density at radius 3 is 2.86 bits per heavy atom. The number of aliphatic hydroxyl groups excluding tert-OH is 1. The zero-order chi connectivity index (χ0) is 14.8. The van der Waals surface area contributed by atoms with Gasteiger partial charge in [0.15, 0.2) is 11.5 Å². The van der Waals surface area contributed by atoms with E-state index in [0.29, 0.717) is 0 Å². The molecule has 0 fully saturated rings. The molecule has 112 valence electrons. The van der Waals surface area contributed by atoms with Crippen LogP contribution in [0, 0.1) is 0 Å². The standard InChI is InChI=1S/C15H18N2O3S/c1-9(14(7-18)21-2)17-15-11-6-13-12(19-8-20-13)5-10(11)3-4-16-15/h3-6,9,14,18H,7-8H2,1-2H3,(H,16,17). The van der Waals surface area contributed by atoms with Gasteiger partial charge in [-0.15, -0.1) is 0 Å². The lowest BCUT2D eigenvalue weighted by atomic mass is 10.1. The van der Waals surface area contributed by atoms with E-state index < -0.39 is 0 Å². The molecule has 6 heteroatoms. The lowest BCUT2D eigenvalue weighted by Crippen LogP contribution is -2.31. The molecule has 0 saturated heterocycles. The summed E-state index contributed by atoms with van der Waals surface area (Å²) in [6.45, 7) is 2.44. The summed E-state index contributed by atoms with van der Waals surface area (Å²) in [6.07, 6.45) is 3.76. The SMILES string of the molecule is CSC(CO)C(C)Nc1nccc2cc3c(cc12)OCO3. The first kappa shape index (κ1) is 14.3. The third-order valence-corrected chi connectivity index (χ3v) is 4.83. The number of thioether (sulfide) groups is 1. The zero-order valence-corrected chi connectivity index (χ0v) is 12.8. The average Bonchev–Trinajstić information content (AvgIpc) is 2.94. The molecule has 21 heavy (non-hydrogen) atoms. The Labute approximate surface area is 127 Å². The number of anilines is 1. The van der Waals surface area contributed by atoms with Gasteiger partial charge >= 0.3 is 0 Å². The summed E-state index contributed by atoms with van der Waals surface area (Å²) in [5.74, 6) is 2.31. The summed E-state index contributed by atoms with van der Waals surface area (Å²) < 4.78 is 10.8. The van der Waals surface area contributed by atoms with Crippen LogP contribution in [0.15, 0.2) is 24.4 Å². The van der Waals surface area contributed by atoms with Gasteiger partial charge in [-0.05, 0) is 36.8 Å². The predicted octanol–water partition coefficient (Wildman–Crippen LogP) is 2.49. The first-order valence-electron chi connectivity index (χ1n) is 6.81. The van der Waals surface area contributed by atoms with E-state index in [1.807, 2.05) is 31.4 Å². The molecule has 1 aliphatic rings. The molecule has 1 aromatic carbocycles. The fraction of sp³-hybridized carbons (Fsp3) is 0.400. The predicted molar refractivity (Wildman–Crippen MR) is 85.3 cm³/mol. The number of aromatic nitrogens is 1. The number of aliphatic hydroxyl groups is 1. The Bertz CT molecular complexity index is 646. The second kappa shape index (κ2) is 5.99. The van der Waals surface area contributed by atoms with E-state index in [1.165, 1.54) is 0 Å². The van der Waals surface area contributed by atoms with Crippen LogP contribution in [-0.4, -0.2) is 41.0 Å². The second-order valence-electron chi connectivity index (χ2n) is 4.98. The van der Waals surface area contributed by atoms with Gasteiger partial charge in [0, 0.05) is 22.9 Å². The largest absolute Gasteiger partial charge is 0.454 e. The van der Waals surface area contributed by atoms with Crippen molar-refractivity contribution in [3.8, 4) is 11.5 Å². The molecule has 2 heterocycles. The van der Waals surface area contributed by atoms with Gasteiger partial charge in [-0.3, -0.25) is 0 Å². The number of nitrogens with one attached hydrogen (secondary N) is 1. The molecule has 2 aromatic rings. The molecular formula is C15H18N2O3S. The Balaban J connectivity index is 1.95. The fourth-order valence-corrected chi connectivity index (χ4v) is 3.05. The monoisotopic (exact) mass is 306 g/mol. The number of nitrogens with zero attached hydrogens (tertiary/aromatic N) is 1. The van der Waals surface area contributed by atoms with E-state index in [4.69, 9.17) is 9.47 Å². The first-order valence-corrected chi connectivity index (χ1v) is 8.10. The molecule has 3 rings (SSSR count). The minimum atomic E-state index is 0.105. The van der Waals surface area contributed by atoms with E-state index in [0.717, 1.165) is 28.1 Å². The highest BCUT2D eigenvalue weighted by Crippen LogP contribution is 2.38. The molecular weight excluding hydrogens is 288 g/mol. The molecule has 1 aliphatic heterocycles. The van der Waals surface area contributed by atoms with E-state index in [9.17, 15) is 5.11 Å². The third-order valence-electron chi connectivity index (χ3n) is 3.66. The number of pyridine rings is 1. The van der Waals surface area contributed by atoms with Crippen molar-refractivity contribution in [2.24, 2.45) is 0 Å². The summed E-state index contributed by atoms with van der Waals surface area (Å²) >= 11 is 1.64. The van der Waals surface area contributed by atoms with Crippen LogP contribution in [0.5, 0.6) is 11.5 Å².